The molecular formula is C19H28N4O. The highest BCUT2D eigenvalue weighted by Gasteiger charge is 2.20. The third kappa shape index (κ3) is 3.96. The van der Waals surface area contributed by atoms with Crippen molar-refractivity contribution in [2.24, 2.45) is 0 Å². The molecule has 0 radical (unpaired) electrons. The highest BCUT2D eigenvalue weighted by atomic mass is 16.5. The Morgan fingerprint density at radius 1 is 1.25 bits per heavy atom. The Morgan fingerprint density at radius 2 is 2.04 bits per heavy atom. The normalized spacial score (nSPS) is 15.9. The summed E-state index contributed by atoms with van der Waals surface area (Å²) in [6.45, 7) is 9.59. The second-order valence-corrected chi connectivity index (χ2v) is 6.64. The smallest absolute Gasteiger partial charge is 0.226 e. The van der Waals surface area contributed by atoms with E-state index in [1.165, 1.54) is 29.7 Å². The SMILES string of the molecule is CCc1nc(CCNC2CCN(c3cccc(C)c3C)CC2)no1. The van der Waals surface area contributed by atoms with Gasteiger partial charge in [-0.1, -0.05) is 24.2 Å². The van der Waals surface area contributed by atoms with Crippen molar-refractivity contribution in [2.45, 2.75) is 52.5 Å². The Morgan fingerprint density at radius 3 is 2.75 bits per heavy atom. The van der Waals surface area contributed by atoms with Crippen molar-refractivity contribution in [3.8, 4) is 0 Å². The maximum Gasteiger partial charge on any atom is 0.226 e. The largest absolute Gasteiger partial charge is 0.371 e. The van der Waals surface area contributed by atoms with Gasteiger partial charge in [0.25, 0.3) is 0 Å². The number of benzene rings is 1. The second kappa shape index (κ2) is 7.79. The number of nitrogens with one attached hydrogen (secondary N) is 1. The molecule has 0 unspecified atom stereocenters. The number of hydrogen-bond acceptors (Lipinski definition) is 5. The predicted molar refractivity (Wildman–Crippen MR) is 96.5 cm³/mol. The molecule has 0 bridgehead atoms. The number of hydrogen-bond donors (Lipinski definition) is 1. The first-order valence-electron chi connectivity index (χ1n) is 9.03. The van der Waals surface area contributed by atoms with Gasteiger partial charge in [0.15, 0.2) is 5.82 Å². The van der Waals surface area contributed by atoms with Gasteiger partial charge in [0, 0.05) is 44.2 Å². The molecule has 1 saturated heterocycles. The fourth-order valence-corrected chi connectivity index (χ4v) is 3.33. The fourth-order valence-electron chi connectivity index (χ4n) is 3.33. The summed E-state index contributed by atoms with van der Waals surface area (Å²) >= 11 is 0. The molecule has 0 aliphatic carbocycles. The van der Waals surface area contributed by atoms with Gasteiger partial charge in [-0.15, -0.1) is 0 Å². The lowest BCUT2D eigenvalue weighted by Crippen LogP contribution is -2.43. The van der Waals surface area contributed by atoms with E-state index >= 15 is 0 Å². The van der Waals surface area contributed by atoms with E-state index in [1.54, 1.807) is 0 Å². The van der Waals surface area contributed by atoms with Crippen LogP contribution in [0.3, 0.4) is 0 Å². The quantitative estimate of drug-likeness (QED) is 0.883. The Hall–Kier alpha value is -1.88. The number of anilines is 1. The monoisotopic (exact) mass is 328 g/mol. The van der Waals surface area contributed by atoms with Crippen LogP contribution in [-0.4, -0.2) is 35.8 Å². The first-order chi connectivity index (χ1) is 11.7. The molecule has 5 heteroatoms. The van der Waals surface area contributed by atoms with Crippen LogP contribution in [0.4, 0.5) is 5.69 Å². The van der Waals surface area contributed by atoms with Gasteiger partial charge >= 0.3 is 0 Å². The summed E-state index contributed by atoms with van der Waals surface area (Å²) in [5.74, 6) is 1.54. The maximum atomic E-state index is 5.14. The minimum atomic E-state index is 0.587. The zero-order valence-corrected chi connectivity index (χ0v) is 15.0. The van der Waals surface area contributed by atoms with E-state index in [4.69, 9.17) is 4.52 Å². The van der Waals surface area contributed by atoms with Crippen molar-refractivity contribution < 1.29 is 4.52 Å². The average molecular weight is 328 g/mol. The Kier molecular flexibility index (Phi) is 5.51. The standard InChI is InChI=1S/C19H28N4O/c1-4-19-21-18(22-24-19)8-11-20-16-9-12-23(13-10-16)17-7-5-6-14(2)15(17)3/h5-7,16,20H,4,8-13H2,1-3H3. The molecule has 5 nitrogen and oxygen atoms in total. The Bertz CT molecular complexity index is 659. The molecule has 130 valence electrons. The molecule has 0 saturated carbocycles. The molecule has 1 aliphatic rings. The molecule has 2 aromatic rings. The van der Waals surface area contributed by atoms with Crippen LogP contribution in [-0.2, 0) is 12.8 Å². The van der Waals surface area contributed by atoms with E-state index in [0.717, 1.165) is 44.2 Å². The van der Waals surface area contributed by atoms with Gasteiger partial charge in [-0.2, -0.15) is 4.98 Å². The number of rotatable bonds is 6. The molecule has 1 N–H and O–H groups in total. The van der Waals surface area contributed by atoms with Gasteiger partial charge in [-0.25, -0.2) is 0 Å². The zero-order valence-electron chi connectivity index (χ0n) is 15.0. The number of nitrogens with zero attached hydrogens (tertiary/aromatic N) is 3. The van der Waals surface area contributed by atoms with Crippen LogP contribution in [0.15, 0.2) is 22.7 Å². The zero-order chi connectivity index (χ0) is 16.9. The molecule has 0 atom stereocenters. The number of piperidine rings is 1. The molecule has 1 fully saturated rings. The third-order valence-corrected chi connectivity index (χ3v) is 5.01. The van der Waals surface area contributed by atoms with Crippen LogP contribution in [0.25, 0.3) is 0 Å². The molecular weight excluding hydrogens is 300 g/mol. The Labute approximate surface area is 144 Å². The lowest BCUT2D eigenvalue weighted by atomic mass is 10.0. The summed E-state index contributed by atoms with van der Waals surface area (Å²) in [5, 5.41) is 7.65. The molecule has 0 spiro atoms. The van der Waals surface area contributed by atoms with E-state index in [-0.39, 0.29) is 0 Å². The van der Waals surface area contributed by atoms with Crippen molar-refractivity contribution in [3.63, 3.8) is 0 Å². The molecule has 1 aliphatic heterocycles. The third-order valence-electron chi connectivity index (χ3n) is 5.01. The van der Waals surface area contributed by atoms with Gasteiger partial charge in [0.2, 0.25) is 5.89 Å². The van der Waals surface area contributed by atoms with E-state index < -0.39 is 0 Å². The van der Waals surface area contributed by atoms with Crippen LogP contribution < -0.4 is 10.2 Å². The predicted octanol–water partition coefficient (Wildman–Crippen LogP) is 3.05. The first kappa shape index (κ1) is 17.0. The number of aryl methyl sites for hydroxylation is 2. The summed E-state index contributed by atoms with van der Waals surface area (Å²) in [7, 11) is 0. The van der Waals surface area contributed by atoms with E-state index in [2.05, 4.69) is 52.4 Å². The van der Waals surface area contributed by atoms with E-state index in [9.17, 15) is 0 Å². The van der Waals surface area contributed by atoms with Gasteiger partial charge < -0.3 is 14.7 Å². The molecule has 24 heavy (non-hydrogen) atoms. The van der Waals surface area contributed by atoms with E-state index in [0.29, 0.717) is 6.04 Å². The van der Waals surface area contributed by atoms with Gasteiger partial charge in [0.05, 0.1) is 0 Å². The highest BCUT2D eigenvalue weighted by Crippen LogP contribution is 2.25. The van der Waals surface area contributed by atoms with Crippen molar-refractivity contribution in [1.29, 1.82) is 0 Å². The second-order valence-electron chi connectivity index (χ2n) is 6.64. The van der Waals surface area contributed by atoms with Crippen LogP contribution in [0, 0.1) is 13.8 Å². The van der Waals surface area contributed by atoms with Gasteiger partial charge in [0.1, 0.15) is 0 Å². The van der Waals surface area contributed by atoms with Gasteiger partial charge in [-0.05, 0) is 43.9 Å². The fraction of sp³-hybridized carbons (Fsp3) is 0.579. The maximum absolute atomic E-state index is 5.14. The summed E-state index contributed by atoms with van der Waals surface area (Å²) < 4.78 is 5.14. The lowest BCUT2D eigenvalue weighted by molar-refractivity contribution is 0.374. The Balaban J connectivity index is 1.44. The first-order valence-corrected chi connectivity index (χ1v) is 9.03. The topological polar surface area (TPSA) is 54.2 Å². The molecule has 2 heterocycles. The molecule has 0 amide bonds. The van der Waals surface area contributed by atoms with Crippen LogP contribution in [0.5, 0.6) is 0 Å². The molecule has 1 aromatic carbocycles. The minimum absolute atomic E-state index is 0.587. The summed E-state index contributed by atoms with van der Waals surface area (Å²) in [6.07, 6.45) is 4.00. The van der Waals surface area contributed by atoms with Crippen LogP contribution >= 0.6 is 0 Å². The lowest BCUT2D eigenvalue weighted by Gasteiger charge is -2.35. The van der Waals surface area contributed by atoms with Crippen molar-refractivity contribution in [1.82, 2.24) is 15.5 Å². The number of aromatic nitrogens is 2. The summed E-state index contributed by atoms with van der Waals surface area (Å²) in [4.78, 5) is 6.88. The summed E-state index contributed by atoms with van der Waals surface area (Å²) in [5.41, 5.74) is 4.18. The summed E-state index contributed by atoms with van der Waals surface area (Å²) in [6, 6.07) is 7.19. The van der Waals surface area contributed by atoms with Gasteiger partial charge in [-0.3, -0.25) is 0 Å². The van der Waals surface area contributed by atoms with Crippen LogP contribution in [0.1, 0.15) is 42.6 Å². The van der Waals surface area contributed by atoms with Crippen molar-refractivity contribution in [2.75, 3.05) is 24.5 Å². The van der Waals surface area contributed by atoms with Crippen molar-refractivity contribution in [3.05, 3.63) is 41.0 Å². The molecule has 1 aromatic heterocycles. The average Bonchev–Trinajstić information content (AvgIpc) is 3.06. The van der Waals surface area contributed by atoms with Crippen molar-refractivity contribution >= 4 is 5.69 Å². The minimum Gasteiger partial charge on any atom is -0.371 e. The molecule has 3 rings (SSSR count). The van der Waals surface area contributed by atoms with E-state index in [1.807, 2.05) is 6.92 Å². The highest BCUT2D eigenvalue weighted by molar-refractivity contribution is 5.56. The van der Waals surface area contributed by atoms with Crippen LogP contribution in [0.2, 0.25) is 0 Å².